The lowest BCUT2D eigenvalue weighted by Gasteiger charge is -2.14. The maximum atomic E-state index is 12.5. The molecule has 0 aliphatic rings. The van der Waals surface area contributed by atoms with E-state index >= 15 is 0 Å². The van der Waals surface area contributed by atoms with E-state index in [1.54, 1.807) is 54.6 Å². The number of nitriles is 1. The summed E-state index contributed by atoms with van der Waals surface area (Å²) in [5.41, 5.74) is 1.61. The molecular weight excluding hydrogens is 506 g/mol. The molecule has 3 rings (SSSR count). The Morgan fingerprint density at radius 1 is 1.03 bits per heavy atom. The zero-order valence-corrected chi connectivity index (χ0v) is 20.2. The van der Waals surface area contributed by atoms with Gasteiger partial charge in [0, 0.05) is 10.7 Å². The first-order valence-corrected chi connectivity index (χ1v) is 10.9. The monoisotopic (exact) mass is 520 g/mol. The van der Waals surface area contributed by atoms with Crippen LogP contribution in [0.4, 0.5) is 5.69 Å². The van der Waals surface area contributed by atoms with Gasteiger partial charge in [-0.3, -0.25) is 4.79 Å². The number of benzene rings is 3. The Bertz CT molecular complexity index is 1270. The number of rotatable bonds is 7. The van der Waals surface area contributed by atoms with Gasteiger partial charge in [-0.15, -0.1) is 0 Å². The number of nitrogens with one attached hydrogen (secondary N) is 1. The molecule has 9 heteroatoms. The normalized spacial score (nSPS) is 11.0. The summed E-state index contributed by atoms with van der Waals surface area (Å²) < 4.78 is 11.2. The Labute approximate surface area is 211 Å². The third-order valence-electron chi connectivity index (χ3n) is 4.38. The van der Waals surface area contributed by atoms with E-state index in [0.29, 0.717) is 37.8 Å². The van der Waals surface area contributed by atoms with Crippen molar-refractivity contribution >= 4 is 64.1 Å². The molecule has 0 aliphatic carbocycles. The van der Waals surface area contributed by atoms with E-state index in [9.17, 15) is 10.1 Å². The minimum absolute atomic E-state index is 0.127. The van der Waals surface area contributed by atoms with E-state index in [4.69, 9.17) is 55.9 Å². The maximum absolute atomic E-state index is 12.5. The molecule has 3 aromatic rings. The molecule has 1 amide bonds. The average molecular weight is 522 g/mol. The number of anilines is 1. The first kappa shape index (κ1) is 24.8. The van der Waals surface area contributed by atoms with E-state index in [0.717, 1.165) is 5.56 Å². The number of carbonyl (C=O) groups is 1. The third-order valence-corrected chi connectivity index (χ3v) is 5.63. The van der Waals surface area contributed by atoms with Gasteiger partial charge >= 0.3 is 0 Å². The second-order valence-corrected chi connectivity index (χ2v) is 8.36. The highest BCUT2D eigenvalue weighted by Crippen LogP contribution is 2.38. The Morgan fingerprint density at radius 2 is 1.82 bits per heavy atom. The van der Waals surface area contributed by atoms with Gasteiger partial charge in [0.15, 0.2) is 11.5 Å². The first-order valence-electron chi connectivity index (χ1n) is 9.43. The van der Waals surface area contributed by atoms with Crippen molar-refractivity contribution in [3.63, 3.8) is 0 Å². The van der Waals surface area contributed by atoms with Crippen LogP contribution in [0.5, 0.6) is 11.5 Å². The highest BCUT2D eigenvalue weighted by atomic mass is 35.5. The topological polar surface area (TPSA) is 71.3 Å². The molecule has 0 fully saturated rings. The summed E-state index contributed by atoms with van der Waals surface area (Å²) in [5.74, 6) is 0.0559. The van der Waals surface area contributed by atoms with Crippen molar-refractivity contribution in [1.29, 1.82) is 5.26 Å². The molecule has 1 N–H and O–H groups in total. The third kappa shape index (κ3) is 6.56. The van der Waals surface area contributed by atoms with Gasteiger partial charge in [-0.25, -0.2) is 0 Å². The summed E-state index contributed by atoms with van der Waals surface area (Å²) >= 11 is 24.3. The van der Waals surface area contributed by atoms with E-state index in [-0.39, 0.29) is 17.2 Å². The van der Waals surface area contributed by atoms with Crippen LogP contribution in [-0.4, -0.2) is 13.0 Å². The summed E-state index contributed by atoms with van der Waals surface area (Å²) in [5, 5.41) is 13.7. The highest BCUT2D eigenvalue weighted by Gasteiger charge is 2.15. The van der Waals surface area contributed by atoms with Crippen LogP contribution in [0.15, 0.2) is 60.2 Å². The lowest BCUT2D eigenvalue weighted by molar-refractivity contribution is -0.112. The second-order valence-electron chi connectivity index (χ2n) is 6.71. The zero-order chi connectivity index (χ0) is 24.0. The average Bonchev–Trinajstić information content (AvgIpc) is 2.78. The quantitative estimate of drug-likeness (QED) is 0.259. The molecule has 5 nitrogen and oxygen atoms in total. The Balaban J connectivity index is 1.82. The van der Waals surface area contributed by atoms with Crippen LogP contribution in [0.1, 0.15) is 11.1 Å². The predicted molar refractivity (Wildman–Crippen MR) is 132 cm³/mol. The molecule has 0 unspecified atom stereocenters. The number of amides is 1. The van der Waals surface area contributed by atoms with E-state index in [1.165, 1.54) is 13.2 Å². The largest absolute Gasteiger partial charge is 0.493 e. The molecule has 3 aromatic carbocycles. The first-order chi connectivity index (χ1) is 15.8. The Morgan fingerprint density at radius 3 is 2.48 bits per heavy atom. The van der Waals surface area contributed by atoms with Gasteiger partial charge in [0.1, 0.15) is 18.2 Å². The van der Waals surface area contributed by atoms with Crippen LogP contribution >= 0.6 is 46.4 Å². The molecule has 0 radical (unpaired) electrons. The molecule has 0 saturated carbocycles. The van der Waals surface area contributed by atoms with Gasteiger partial charge in [-0.1, -0.05) is 58.5 Å². The molecule has 0 aliphatic heterocycles. The fourth-order valence-electron chi connectivity index (χ4n) is 2.83. The Hall–Kier alpha value is -2.88. The minimum atomic E-state index is -0.588. The molecule has 0 saturated heterocycles. The summed E-state index contributed by atoms with van der Waals surface area (Å²) in [6.45, 7) is 0.174. The summed E-state index contributed by atoms with van der Waals surface area (Å²) in [7, 11) is 1.46. The van der Waals surface area contributed by atoms with Crippen molar-refractivity contribution in [3.8, 4) is 17.6 Å². The number of carbonyl (C=O) groups excluding carboxylic acids is 1. The van der Waals surface area contributed by atoms with E-state index in [1.807, 2.05) is 6.07 Å². The standard InChI is InChI=1S/C24H16Cl4N2O3/c1-32-22-10-15(7-16(12-29)24(31)30-18-4-2-3-17(25)11-18)9-21(28)23(22)33-13-14-5-6-19(26)20(27)8-14/h2-11H,13H2,1H3,(H,30,31)/b16-7+. The number of ether oxygens (including phenoxy) is 2. The van der Waals surface area contributed by atoms with Crippen LogP contribution in [0.25, 0.3) is 6.08 Å². The number of hydrogen-bond acceptors (Lipinski definition) is 4. The second kappa shape index (κ2) is 11.3. The molecule has 0 heterocycles. The Kier molecular flexibility index (Phi) is 8.49. The van der Waals surface area contributed by atoms with E-state index in [2.05, 4.69) is 5.32 Å². The summed E-state index contributed by atoms with van der Waals surface area (Å²) in [6, 6.07) is 16.8. The molecule has 33 heavy (non-hydrogen) atoms. The van der Waals surface area contributed by atoms with E-state index < -0.39 is 5.91 Å². The van der Waals surface area contributed by atoms with Crippen LogP contribution in [-0.2, 0) is 11.4 Å². The van der Waals surface area contributed by atoms with Gasteiger partial charge in [-0.05, 0) is 59.7 Å². The number of hydrogen-bond donors (Lipinski definition) is 1. The fraction of sp³-hybridized carbons (Fsp3) is 0.0833. The van der Waals surface area contributed by atoms with Crippen molar-refractivity contribution in [3.05, 3.63) is 91.4 Å². The zero-order valence-electron chi connectivity index (χ0n) is 17.2. The minimum Gasteiger partial charge on any atom is -0.493 e. The van der Waals surface area contributed by atoms with Crippen molar-refractivity contribution < 1.29 is 14.3 Å². The highest BCUT2D eigenvalue weighted by molar-refractivity contribution is 6.42. The van der Waals surface area contributed by atoms with Gasteiger partial charge in [-0.2, -0.15) is 5.26 Å². The van der Waals surface area contributed by atoms with Crippen molar-refractivity contribution in [2.45, 2.75) is 6.61 Å². The molecule has 168 valence electrons. The molecule has 0 bridgehead atoms. The van der Waals surface area contributed by atoms with Crippen molar-refractivity contribution in [2.24, 2.45) is 0 Å². The van der Waals surface area contributed by atoms with Gasteiger partial charge in [0.25, 0.3) is 5.91 Å². The molecule has 0 spiro atoms. The molecule has 0 atom stereocenters. The fourth-order valence-corrected chi connectivity index (χ4v) is 3.61. The van der Waals surface area contributed by atoms with Gasteiger partial charge in [0.2, 0.25) is 0 Å². The van der Waals surface area contributed by atoms with Crippen LogP contribution in [0.3, 0.4) is 0 Å². The maximum Gasteiger partial charge on any atom is 0.266 e. The van der Waals surface area contributed by atoms with Gasteiger partial charge in [0.05, 0.1) is 22.2 Å². The van der Waals surface area contributed by atoms with Crippen LogP contribution < -0.4 is 14.8 Å². The van der Waals surface area contributed by atoms with Crippen LogP contribution in [0.2, 0.25) is 20.1 Å². The smallest absolute Gasteiger partial charge is 0.266 e. The molecular formula is C24H16Cl4N2O3. The van der Waals surface area contributed by atoms with Crippen molar-refractivity contribution in [2.75, 3.05) is 12.4 Å². The lowest BCUT2D eigenvalue weighted by Crippen LogP contribution is -2.13. The number of halogens is 4. The van der Waals surface area contributed by atoms with Gasteiger partial charge < -0.3 is 14.8 Å². The SMILES string of the molecule is COc1cc(/C=C(\C#N)C(=O)Nc2cccc(Cl)c2)cc(Cl)c1OCc1ccc(Cl)c(Cl)c1. The van der Waals surface area contributed by atoms with Crippen LogP contribution in [0, 0.1) is 11.3 Å². The summed E-state index contributed by atoms with van der Waals surface area (Å²) in [4.78, 5) is 12.5. The molecule has 0 aromatic heterocycles. The van der Waals surface area contributed by atoms with Crippen molar-refractivity contribution in [1.82, 2.24) is 0 Å². The number of nitrogens with zero attached hydrogens (tertiary/aromatic N) is 1. The summed E-state index contributed by atoms with van der Waals surface area (Å²) in [6.07, 6.45) is 1.40. The number of methoxy groups -OCH3 is 1. The predicted octanol–water partition coefficient (Wildman–Crippen LogP) is 7.43. The lowest BCUT2D eigenvalue weighted by atomic mass is 10.1.